The number of fused-ring (bicyclic) bond motifs is 2. The third kappa shape index (κ3) is 2.99. The van der Waals surface area contributed by atoms with Gasteiger partial charge in [-0.3, -0.25) is 14.2 Å². The first-order valence-corrected chi connectivity index (χ1v) is 9.77. The lowest BCUT2D eigenvalue weighted by atomic mass is 10.2. The van der Waals surface area contributed by atoms with Crippen LogP contribution in [0.1, 0.15) is 18.3 Å². The first-order valence-electron chi connectivity index (χ1n) is 9.77. The van der Waals surface area contributed by atoms with E-state index >= 15 is 0 Å². The highest BCUT2D eigenvalue weighted by atomic mass is 16.2. The fourth-order valence-electron chi connectivity index (χ4n) is 4.27. The van der Waals surface area contributed by atoms with Crippen LogP contribution in [0.5, 0.6) is 0 Å². The summed E-state index contributed by atoms with van der Waals surface area (Å²) in [6.45, 7) is 3.30. The number of carbonyl (C=O) groups excluding carboxylic acids is 1. The number of nitrogens with zero attached hydrogens (tertiary/aromatic N) is 5. The summed E-state index contributed by atoms with van der Waals surface area (Å²) in [5.41, 5.74) is 2.53. The van der Waals surface area contributed by atoms with E-state index in [0.717, 1.165) is 23.3 Å². The summed E-state index contributed by atoms with van der Waals surface area (Å²) < 4.78 is 3.63. The average Bonchev–Trinajstić information content (AvgIpc) is 3.33. The Morgan fingerprint density at radius 1 is 1.10 bits per heavy atom. The average molecular weight is 387 g/mol. The van der Waals surface area contributed by atoms with Crippen LogP contribution in [-0.4, -0.2) is 43.0 Å². The molecular weight excluding hydrogens is 366 g/mol. The van der Waals surface area contributed by atoms with E-state index in [4.69, 9.17) is 0 Å². The van der Waals surface area contributed by atoms with Crippen molar-refractivity contribution < 1.29 is 4.79 Å². The highest BCUT2D eigenvalue weighted by molar-refractivity contribution is 5.79. The molecule has 1 fully saturated rings. The number of aryl methyl sites for hydroxylation is 1. The first-order chi connectivity index (χ1) is 14.1. The van der Waals surface area contributed by atoms with Crippen LogP contribution in [0, 0.1) is 6.92 Å². The van der Waals surface area contributed by atoms with Gasteiger partial charge >= 0.3 is 0 Å². The van der Waals surface area contributed by atoms with Gasteiger partial charge in [0.25, 0.3) is 5.56 Å². The first kappa shape index (κ1) is 17.6. The fourth-order valence-corrected chi connectivity index (χ4v) is 4.27. The number of likely N-dealkylation sites (tertiary alicyclic amines) is 1. The minimum atomic E-state index is -0.184. The van der Waals surface area contributed by atoms with Crippen LogP contribution in [0.25, 0.3) is 21.9 Å². The summed E-state index contributed by atoms with van der Waals surface area (Å²) in [4.78, 5) is 36.3. The Morgan fingerprint density at radius 3 is 2.72 bits per heavy atom. The number of hydrogen-bond donors (Lipinski definition) is 0. The quantitative estimate of drug-likeness (QED) is 0.542. The van der Waals surface area contributed by atoms with E-state index < -0.39 is 0 Å². The largest absolute Gasteiger partial charge is 0.339 e. The number of carbonyl (C=O) groups is 1. The molecule has 1 amide bonds. The van der Waals surface area contributed by atoms with Crippen molar-refractivity contribution >= 4 is 27.8 Å². The molecule has 2 aromatic heterocycles. The minimum Gasteiger partial charge on any atom is -0.339 e. The molecule has 0 bridgehead atoms. The monoisotopic (exact) mass is 387 g/mol. The summed E-state index contributed by atoms with van der Waals surface area (Å²) in [5, 5.41) is 0.530. The molecule has 1 aliphatic rings. The van der Waals surface area contributed by atoms with Gasteiger partial charge in [0.15, 0.2) is 0 Å². The lowest BCUT2D eigenvalue weighted by molar-refractivity contribution is -0.130. The van der Waals surface area contributed by atoms with Gasteiger partial charge in [0.05, 0.1) is 34.3 Å². The lowest BCUT2D eigenvalue weighted by Gasteiger charge is -2.19. The molecule has 4 aromatic rings. The molecule has 5 rings (SSSR count). The lowest BCUT2D eigenvalue weighted by Crippen LogP contribution is -2.35. The third-order valence-corrected chi connectivity index (χ3v) is 5.69. The van der Waals surface area contributed by atoms with Crippen molar-refractivity contribution in [3.8, 4) is 0 Å². The standard InChI is InChI=1S/C22H21N5O2/c1-15-24-19-8-4-5-9-20(19)27(15)16-10-11-25(12-16)21(28)13-26-14-23-18-7-3-2-6-17(18)22(26)29/h2-9,14,16H,10-13H2,1H3. The molecule has 29 heavy (non-hydrogen) atoms. The summed E-state index contributed by atoms with van der Waals surface area (Å²) >= 11 is 0. The number of amides is 1. The number of imidazole rings is 1. The number of benzene rings is 2. The minimum absolute atomic E-state index is 0.00699. The van der Waals surface area contributed by atoms with Crippen molar-refractivity contribution in [1.29, 1.82) is 0 Å². The third-order valence-electron chi connectivity index (χ3n) is 5.69. The molecule has 1 aliphatic heterocycles. The van der Waals surface area contributed by atoms with Gasteiger partial charge in [-0.05, 0) is 37.6 Å². The second kappa shape index (κ2) is 6.84. The molecule has 7 nitrogen and oxygen atoms in total. The SMILES string of the molecule is Cc1nc2ccccc2n1C1CCN(C(=O)Cn2cnc3ccccc3c2=O)C1. The Bertz CT molecular complexity index is 1290. The van der Waals surface area contributed by atoms with Gasteiger partial charge in [-0.25, -0.2) is 9.97 Å². The Morgan fingerprint density at radius 2 is 1.86 bits per heavy atom. The molecule has 0 radical (unpaired) electrons. The van der Waals surface area contributed by atoms with Gasteiger partial charge in [0, 0.05) is 13.1 Å². The zero-order chi connectivity index (χ0) is 20.0. The van der Waals surface area contributed by atoms with Crippen LogP contribution < -0.4 is 5.56 Å². The molecule has 1 unspecified atom stereocenters. The van der Waals surface area contributed by atoms with Gasteiger partial charge in [0.2, 0.25) is 5.91 Å². The zero-order valence-electron chi connectivity index (χ0n) is 16.2. The van der Waals surface area contributed by atoms with Crippen LogP contribution in [0.2, 0.25) is 0 Å². The summed E-state index contributed by atoms with van der Waals surface area (Å²) in [6.07, 6.45) is 2.33. The van der Waals surface area contributed by atoms with Crippen LogP contribution >= 0.6 is 0 Å². The maximum Gasteiger partial charge on any atom is 0.261 e. The predicted molar refractivity (Wildman–Crippen MR) is 111 cm³/mol. The molecule has 146 valence electrons. The highest BCUT2D eigenvalue weighted by Crippen LogP contribution is 2.28. The van der Waals surface area contributed by atoms with Crippen LogP contribution in [0.3, 0.4) is 0 Å². The van der Waals surface area contributed by atoms with E-state index in [-0.39, 0.29) is 24.1 Å². The number of para-hydroxylation sites is 3. The summed E-state index contributed by atoms with van der Waals surface area (Å²) in [6, 6.07) is 15.5. The van der Waals surface area contributed by atoms with Crippen LogP contribution in [0.15, 0.2) is 59.7 Å². The zero-order valence-corrected chi connectivity index (χ0v) is 16.2. The van der Waals surface area contributed by atoms with Crippen LogP contribution in [0.4, 0.5) is 0 Å². The van der Waals surface area contributed by atoms with Crippen molar-refractivity contribution in [1.82, 2.24) is 24.0 Å². The molecule has 1 saturated heterocycles. The molecule has 0 spiro atoms. The van der Waals surface area contributed by atoms with Crippen LogP contribution in [-0.2, 0) is 11.3 Å². The smallest absolute Gasteiger partial charge is 0.261 e. The van der Waals surface area contributed by atoms with Crippen molar-refractivity contribution in [3.05, 3.63) is 71.0 Å². The van der Waals surface area contributed by atoms with Crippen molar-refractivity contribution in [2.45, 2.75) is 25.9 Å². The maximum absolute atomic E-state index is 12.9. The molecule has 0 N–H and O–H groups in total. The molecule has 7 heteroatoms. The number of rotatable bonds is 3. The van der Waals surface area contributed by atoms with E-state index in [2.05, 4.69) is 20.6 Å². The normalized spacial score (nSPS) is 16.7. The number of hydrogen-bond acceptors (Lipinski definition) is 4. The van der Waals surface area contributed by atoms with E-state index in [1.54, 1.807) is 18.2 Å². The molecule has 3 heterocycles. The van der Waals surface area contributed by atoms with E-state index in [1.165, 1.54) is 10.9 Å². The van der Waals surface area contributed by atoms with E-state index in [9.17, 15) is 9.59 Å². The molecule has 0 saturated carbocycles. The van der Waals surface area contributed by atoms with E-state index in [0.29, 0.717) is 24.0 Å². The van der Waals surface area contributed by atoms with Gasteiger partial charge in [0.1, 0.15) is 12.4 Å². The molecule has 2 aromatic carbocycles. The summed E-state index contributed by atoms with van der Waals surface area (Å²) in [5.74, 6) is 0.897. The molecule has 0 aliphatic carbocycles. The second-order valence-corrected chi connectivity index (χ2v) is 7.49. The summed E-state index contributed by atoms with van der Waals surface area (Å²) in [7, 11) is 0. The Hall–Kier alpha value is -3.48. The Kier molecular flexibility index (Phi) is 4.16. The fraction of sp³-hybridized carbons (Fsp3) is 0.273. The van der Waals surface area contributed by atoms with Gasteiger partial charge in [-0.15, -0.1) is 0 Å². The maximum atomic E-state index is 12.9. The molecular formula is C22H21N5O2. The van der Waals surface area contributed by atoms with Gasteiger partial charge < -0.3 is 9.47 Å². The van der Waals surface area contributed by atoms with Crippen molar-refractivity contribution in [2.24, 2.45) is 0 Å². The second-order valence-electron chi connectivity index (χ2n) is 7.49. The van der Waals surface area contributed by atoms with Gasteiger partial charge in [-0.2, -0.15) is 0 Å². The molecule has 1 atom stereocenters. The van der Waals surface area contributed by atoms with Crippen molar-refractivity contribution in [2.75, 3.05) is 13.1 Å². The highest BCUT2D eigenvalue weighted by Gasteiger charge is 2.29. The topological polar surface area (TPSA) is 73.0 Å². The van der Waals surface area contributed by atoms with Crippen molar-refractivity contribution in [3.63, 3.8) is 0 Å². The Balaban J connectivity index is 1.36. The van der Waals surface area contributed by atoms with E-state index in [1.807, 2.05) is 36.1 Å². The number of aromatic nitrogens is 4. The predicted octanol–water partition coefficient (Wildman–Crippen LogP) is 2.53. The van der Waals surface area contributed by atoms with Gasteiger partial charge in [-0.1, -0.05) is 24.3 Å². The Labute approximate surface area is 167 Å².